The molecule has 0 aliphatic heterocycles. The summed E-state index contributed by atoms with van der Waals surface area (Å²) in [6.07, 6.45) is 11.1. The van der Waals surface area contributed by atoms with Gasteiger partial charge in [0, 0.05) is 28.9 Å². The molecule has 4 nitrogen and oxygen atoms in total. The van der Waals surface area contributed by atoms with Crippen LogP contribution in [0.25, 0.3) is 21.6 Å². The molecule has 5 heteroatoms. The molecule has 5 rings (SSSR count). The van der Waals surface area contributed by atoms with Gasteiger partial charge < -0.3 is 5.32 Å². The fourth-order valence-corrected chi connectivity index (χ4v) is 5.95. The third-order valence-electron chi connectivity index (χ3n) is 6.51. The number of hydrogen-bond acceptors (Lipinski definition) is 5. The highest BCUT2D eigenvalue weighted by Crippen LogP contribution is 2.41. The molecule has 27 heavy (non-hydrogen) atoms. The zero-order valence-corrected chi connectivity index (χ0v) is 16.9. The lowest BCUT2D eigenvalue weighted by atomic mass is 9.78. The number of nitrogens with one attached hydrogen (secondary N) is 1. The summed E-state index contributed by atoms with van der Waals surface area (Å²) >= 11 is 1.86. The average Bonchev–Trinajstić information content (AvgIpc) is 3.27. The van der Waals surface area contributed by atoms with E-state index in [0.717, 1.165) is 34.4 Å². The maximum Gasteiger partial charge on any atom is 0.164 e. The lowest BCUT2D eigenvalue weighted by Crippen LogP contribution is -2.35. The van der Waals surface area contributed by atoms with Crippen LogP contribution in [-0.4, -0.2) is 21.0 Å². The van der Waals surface area contributed by atoms with Gasteiger partial charge in [-0.25, -0.2) is 9.97 Å². The standard InChI is InChI=1S/C22H26N4S/c1-13-6-3-9-17(14(13)2)24-21-19-16-8-4-10-18(16)27-22(19)26-20(25-21)15-7-5-11-23-12-15/h5,7,11-14,17H,3-4,6,8-10H2,1-2H3,(H,24,25,26)/t13-,14+,17+/m0/s1. The zero-order chi connectivity index (χ0) is 18.4. The molecule has 0 spiro atoms. The number of anilines is 1. The van der Waals surface area contributed by atoms with E-state index in [1.807, 2.05) is 29.7 Å². The number of aromatic nitrogens is 3. The number of aryl methyl sites for hydroxylation is 2. The Bertz CT molecular complexity index is 965. The first-order valence-electron chi connectivity index (χ1n) is 10.2. The van der Waals surface area contributed by atoms with Crippen LogP contribution in [0.2, 0.25) is 0 Å². The smallest absolute Gasteiger partial charge is 0.164 e. The Morgan fingerprint density at radius 1 is 1.11 bits per heavy atom. The number of nitrogens with zero attached hydrogens (tertiary/aromatic N) is 3. The molecule has 1 N–H and O–H groups in total. The fourth-order valence-electron chi connectivity index (χ4n) is 4.69. The Labute approximate surface area is 164 Å². The predicted octanol–water partition coefficient (Wildman–Crippen LogP) is 5.48. The highest BCUT2D eigenvalue weighted by atomic mass is 32.1. The monoisotopic (exact) mass is 378 g/mol. The van der Waals surface area contributed by atoms with Crippen LogP contribution in [0.4, 0.5) is 5.82 Å². The predicted molar refractivity (Wildman–Crippen MR) is 112 cm³/mol. The van der Waals surface area contributed by atoms with Gasteiger partial charge >= 0.3 is 0 Å². The van der Waals surface area contributed by atoms with E-state index in [4.69, 9.17) is 9.97 Å². The lowest BCUT2D eigenvalue weighted by Gasteiger charge is -2.35. The van der Waals surface area contributed by atoms with Crippen molar-refractivity contribution >= 4 is 27.4 Å². The van der Waals surface area contributed by atoms with Crippen molar-refractivity contribution in [3.63, 3.8) is 0 Å². The molecule has 2 aliphatic carbocycles. The van der Waals surface area contributed by atoms with Gasteiger partial charge in [0.25, 0.3) is 0 Å². The van der Waals surface area contributed by atoms with Crippen molar-refractivity contribution in [1.82, 2.24) is 15.0 Å². The van der Waals surface area contributed by atoms with Crippen LogP contribution in [0, 0.1) is 11.8 Å². The molecular formula is C22H26N4S. The summed E-state index contributed by atoms with van der Waals surface area (Å²) in [4.78, 5) is 16.8. The van der Waals surface area contributed by atoms with E-state index in [1.165, 1.54) is 47.9 Å². The van der Waals surface area contributed by atoms with E-state index in [1.54, 1.807) is 6.20 Å². The Balaban J connectivity index is 1.62. The van der Waals surface area contributed by atoms with Crippen molar-refractivity contribution in [2.45, 2.75) is 58.4 Å². The van der Waals surface area contributed by atoms with E-state index in [9.17, 15) is 0 Å². The first kappa shape index (κ1) is 17.1. The molecule has 1 fully saturated rings. The highest BCUT2D eigenvalue weighted by molar-refractivity contribution is 7.19. The maximum absolute atomic E-state index is 5.02. The Kier molecular flexibility index (Phi) is 4.35. The molecule has 0 saturated heterocycles. The first-order chi connectivity index (χ1) is 13.2. The SMILES string of the molecule is C[C@@H]1[C@@H](C)CCC[C@H]1Nc1nc(-c2cccnc2)nc2sc3c(c12)CCC3. The summed E-state index contributed by atoms with van der Waals surface area (Å²) in [6, 6.07) is 4.49. The molecule has 2 aliphatic rings. The highest BCUT2D eigenvalue weighted by Gasteiger charge is 2.29. The minimum absolute atomic E-state index is 0.491. The molecule has 3 aromatic rings. The van der Waals surface area contributed by atoms with Crippen LogP contribution in [0.5, 0.6) is 0 Å². The molecule has 0 radical (unpaired) electrons. The summed E-state index contributed by atoms with van der Waals surface area (Å²) in [5, 5.41) is 5.15. The first-order valence-corrected chi connectivity index (χ1v) is 11.0. The number of pyridine rings is 1. The van der Waals surface area contributed by atoms with E-state index in [2.05, 4.69) is 24.1 Å². The molecule has 0 aromatic carbocycles. The van der Waals surface area contributed by atoms with Crippen molar-refractivity contribution in [2.24, 2.45) is 11.8 Å². The molecular weight excluding hydrogens is 352 g/mol. The quantitative estimate of drug-likeness (QED) is 0.656. The molecule has 3 heterocycles. The van der Waals surface area contributed by atoms with Crippen LogP contribution in [0.1, 0.15) is 50.0 Å². The van der Waals surface area contributed by atoms with Crippen LogP contribution in [-0.2, 0) is 12.8 Å². The zero-order valence-electron chi connectivity index (χ0n) is 16.0. The molecule has 0 amide bonds. The van der Waals surface area contributed by atoms with Crippen LogP contribution < -0.4 is 5.32 Å². The molecule has 3 aromatic heterocycles. The maximum atomic E-state index is 5.02. The Morgan fingerprint density at radius 3 is 2.89 bits per heavy atom. The topological polar surface area (TPSA) is 50.7 Å². The van der Waals surface area contributed by atoms with Gasteiger partial charge in [-0.2, -0.15) is 0 Å². The van der Waals surface area contributed by atoms with E-state index < -0.39 is 0 Å². The summed E-state index contributed by atoms with van der Waals surface area (Å²) in [5.41, 5.74) is 2.48. The van der Waals surface area contributed by atoms with Gasteiger partial charge in [0.15, 0.2) is 5.82 Å². The largest absolute Gasteiger partial charge is 0.366 e. The van der Waals surface area contributed by atoms with Crippen molar-refractivity contribution < 1.29 is 0 Å². The van der Waals surface area contributed by atoms with Crippen LogP contribution in [0.15, 0.2) is 24.5 Å². The molecule has 3 atom stereocenters. The normalized spacial score (nSPS) is 24.9. The lowest BCUT2D eigenvalue weighted by molar-refractivity contribution is 0.253. The Morgan fingerprint density at radius 2 is 2.04 bits per heavy atom. The van der Waals surface area contributed by atoms with Crippen LogP contribution >= 0.6 is 11.3 Å². The third kappa shape index (κ3) is 3.02. The minimum Gasteiger partial charge on any atom is -0.366 e. The van der Waals surface area contributed by atoms with Crippen LogP contribution in [0.3, 0.4) is 0 Å². The van der Waals surface area contributed by atoms with E-state index in [-0.39, 0.29) is 0 Å². The molecule has 1 saturated carbocycles. The van der Waals surface area contributed by atoms with Gasteiger partial charge in [-0.05, 0) is 55.2 Å². The number of thiophene rings is 1. The summed E-state index contributed by atoms with van der Waals surface area (Å²) in [5.74, 6) is 3.26. The van der Waals surface area contributed by atoms with Crippen molar-refractivity contribution in [3.8, 4) is 11.4 Å². The average molecular weight is 379 g/mol. The second kappa shape index (κ2) is 6.86. The summed E-state index contributed by atoms with van der Waals surface area (Å²) in [7, 11) is 0. The summed E-state index contributed by atoms with van der Waals surface area (Å²) in [6.45, 7) is 4.78. The molecule has 0 bridgehead atoms. The second-order valence-corrected chi connectivity index (χ2v) is 9.28. The van der Waals surface area contributed by atoms with Crippen molar-refractivity contribution in [1.29, 1.82) is 0 Å². The van der Waals surface area contributed by atoms with Gasteiger partial charge in [-0.3, -0.25) is 4.98 Å². The Hall–Kier alpha value is -2.01. The van der Waals surface area contributed by atoms with Crippen molar-refractivity contribution in [3.05, 3.63) is 35.0 Å². The second-order valence-electron chi connectivity index (χ2n) is 8.19. The van der Waals surface area contributed by atoms with Gasteiger partial charge in [-0.15, -0.1) is 11.3 Å². The fraction of sp³-hybridized carbons (Fsp3) is 0.500. The van der Waals surface area contributed by atoms with Gasteiger partial charge in [0.05, 0.1) is 5.39 Å². The molecule has 0 unspecified atom stereocenters. The number of hydrogen-bond donors (Lipinski definition) is 1. The minimum atomic E-state index is 0.491. The van der Waals surface area contributed by atoms with Gasteiger partial charge in [0.1, 0.15) is 10.6 Å². The van der Waals surface area contributed by atoms with E-state index >= 15 is 0 Å². The van der Waals surface area contributed by atoms with Crippen molar-refractivity contribution in [2.75, 3.05) is 5.32 Å². The van der Waals surface area contributed by atoms with E-state index in [0.29, 0.717) is 12.0 Å². The van der Waals surface area contributed by atoms with Gasteiger partial charge in [0.2, 0.25) is 0 Å². The number of rotatable bonds is 3. The third-order valence-corrected chi connectivity index (χ3v) is 7.70. The summed E-state index contributed by atoms with van der Waals surface area (Å²) < 4.78 is 0. The van der Waals surface area contributed by atoms with Gasteiger partial charge in [-0.1, -0.05) is 26.7 Å². The molecule has 140 valence electrons. The number of fused-ring (bicyclic) bond motifs is 3.